The molecule has 0 radical (unpaired) electrons. The molecule has 0 spiro atoms. The van der Waals surface area contributed by atoms with E-state index in [1.165, 1.54) is 0 Å². The second-order valence-corrected chi connectivity index (χ2v) is 2.33. The predicted octanol–water partition coefficient (Wildman–Crippen LogP) is -0.0699. The van der Waals surface area contributed by atoms with Crippen molar-refractivity contribution < 1.29 is 4.39 Å². The Bertz CT molecular complexity index is 334. The molecule has 1 aromatic rings. The minimum atomic E-state index is -0.810. The lowest BCUT2D eigenvalue weighted by Crippen LogP contribution is -2.20. The summed E-state index contributed by atoms with van der Waals surface area (Å²) < 4.78 is 12.9. The summed E-state index contributed by atoms with van der Waals surface area (Å²) in [7, 11) is 0. The quantitative estimate of drug-likeness (QED) is 0.654. The molecule has 0 bridgehead atoms. The maximum absolute atomic E-state index is 12.9. The molecule has 1 heterocycles. The molecule has 0 aliphatic carbocycles. The van der Waals surface area contributed by atoms with E-state index in [9.17, 15) is 9.18 Å². The standard InChI is InChI=1S/C7H10FN3O/c1-2-4-6(8)7(12)11-5(3-9)10-4/h2-3,9H2,1H3,(H,10,11,12). The van der Waals surface area contributed by atoms with E-state index in [-0.39, 0.29) is 12.2 Å². The van der Waals surface area contributed by atoms with Crippen LogP contribution in [0, 0.1) is 5.82 Å². The Morgan fingerprint density at radius 1 is 1.67 bits per heavy atom. The van der Waals surface area contributed by atoms with Gasteiger partial charge in [0.1, 0.15) is 5.82 Å². The Kier molecular flexibility index (Phi) is 2.54. The molecular formula is C7H10FN3O. The lowest BCUT2D eigenvalue weighted by Gasteiger charge is -2.00. The van der Waals surface area contributed by atoms with Crippen LogP contribution in [0.25, 0.3) is 0 Å². The smallest absolute Gasteiger partial charge is 0.287 e. The molecule has 1 aromatic heterocycles. The number of halogens is 1. The van der Waals surface area contributed by atoms with Gasteiger partial charge in [-0.05, 0) is 6.42 Å². The maximum atomic E-state index is 12.9. The van der Waals surface area contributed by atoms with Crippen molar-refractivity contribution in [3.63, 3.8) is 0 Å². The van der Waals surface area contributed by atoms with Gasteiger partial charge in [-0.2, -0.15) is 4.39 Å². The summed E-state index contributed by atoms with van der Waals surface area (Å²) in [6, 6.07) is 0. The number of hydrogen-bond acceptors (Lipinski definition) is 3. The molecule has 0 fully saturated rings. The third kappa shape index (κ3) is 1.50. The molecule has 5 heteroatoms. The Hall–Kier alpha value is -1.23. The predicted molar refractivity (Wildman–Crippen MR) is 42.1 cm³/mol. The molecule has 0 saturated heterocycles. The summed E-state index contributed by atoms with van der Waals surface area (Å²) in [4.78, 5) is 16.9. The number of nitrogens with zero attached hydrogens (tertiary/aromatic N) is 1. The van der Waals surface area contributed by atoms with Crippen LogP contribution in [-0.2, 0) is 13.0 Å². The highest BCUT2D eigenvalue weighted by Gasteiger charge is 2.07. The summed E-state index contributed by atoms with van der Waals surface area (Å²) in [6.45, 7) is 1.84. The Labute approximate surface area is 68.6 Å². The largest absolute Gasteiger partial charge is 0.324 e. The third-order valence-corrected chi connectivity index (χ3v) is 1.51. The summed E-state index contributed by atoms with van der Waals surface area (Å²) >= 11 is 0. The van der Waals surface area contributed by atoms with Crippen LogP contribution < -0.4 is 11.3 Å². The molecule has 4 nitrogen and oxygen atoms in total. The first-order chi connectivity index (χ1) is 5.69. The second-order valence-electron chi connectivity index (χ2n) is 2.33. The Morgan fingerprint density at radius 2 is 2.33 bits per heavy atom. The Balaban J connectivity index is 3.29. The fourth-order valence-corrected chi connectivity index (χ4v) is 0.888. The van der Waals surface area contributed by atoms with Gasteiger partial charge in [-0.3, -0.25) is 4.79 Å². The van der Waals surface area contributed by atoms with Gasteiger partial charge in [-0.15, -0.1) is 0 Å². The van der Waals surface area contributed by atoms with E-state index < -0.39 is 11.4 Å². The number of nitrogens with two attached hydrogens (primary N) is 1. The van der Waals surface area contributed by atoms with Crippen LogP contribution in [0.3, 0.4) is 0 Å². The zero-order valence-corrected chi connectivity index (χ0v) is 6.72. The molecular weight excluding hydrogens is 161 g/mol. The fourth-order valence-electron chi connectivity index (χ4n) is 0.888. The van der Waals surface area contributed by atoms with E-state index in [1.807, 2.05) is 0 Å². The van der Waals surface area contributed by atoms with E-state index in [0.717, 1.165) is 0 Å². The van der Waals surface area contributed by atoms with Crippen LogP contribution in [0.4, 0.5) is 4.39 Å². The highest BCUT2D eigenvalue weighted by atomic mass is 19.1. The number of aromatic nitrogens is 2. The number of rotatable bonds is 2. The van der Waals surface area contributed by atoms with Crippen molar-refractivity contribution in [1.82, 2.24) is 9.97 Å². The van der Waals surface area contributed by atoms with Gasteiger partial charge >= 0.3 is 0 Å². The minimum absolute atomic E-state index is 0.114. The number of aromatic amines is 1. The van der Waals surface area contributed by atoms with E-state index in [0.29, 0.717) is 12.2 Å². The van der Waals surface area contributed by atoms with Crippen molar-refractivity contribution in [3.05, 3.63) is 27.7 Å². The number of hydrogen-bond donors (Lipinski definition) is 2. The van der Waals surface area contributed by atoms with Crippen LogP contribution in [0.15, 0.2) is 4.79 Å². The normalized spacial score (nSPS) is 10.2. The fraction of sp³-hybridized carbons (Fsp3) is 0.429. The number of aryl methyl sites for hydroxylation is 1. The first-order valence-corrected chi connectivity index (χ1v) is 3.66. The molecule has 12 heavy (non-hydrogen) atoms. The summed E-state index contributed by atoms with van der Waals surface area (Å²) in [5.41, 5.74) is 4.66. The second kappa shape index (κ2) is 3.44. The average molecular weight is 171 g/mol. The Morgan fingerprint density at radius 3 is 2.83 bits per heavy atom. The van der Waals surface area contributed by atoms with Gasteiger partial charge in [0.2, 0.25) is 5.82 Å². The first kappa shape index (κ1) is 8.86. The summed E-state index contributed by atoms with van der Waals surface area (Å²) in [5, 5.41) is 0. The zero-order chi connectivity index (χ0) is 9.14. The van der Waals surface area contributed by atoms with Crippen LogP contribution in [0.1, 0.15) is 18.4 Å². The van der Waals surface area contributed by atoms with E-state index >= 15 is 0 Å². The molecule has 0 atom stereocenters. The van der Waals surface area contributed by atoms with E-state index in [1.54, 1.807) is 6.92 Å². The van der Waals surface area contributed by atoms with Crippen LogP contribution in [-0.4, -0.2) is 9.97 Å². The summed E-state index contributed by atoms with van der Waals surface area (Å²) in [6.07, 6.45) is 0.392. The van der Waals surface area contributed by atoms with Gasteiger partial charge in [0.25, 0.3) is 5.56 Å². The number of nitrogens with one attached hydrogen (secondary N) is 1. The highest BCUT2D eigenvalue weighted by Crippen LogP contribution is 1.98. The summed E-state index contributed by atoms with van der Waals surface area (Å²) in [5.74, 6) is -0.493. The van der Waals surface area contributed by atoms with Crippen molar-refractivity contribution >= 4 is 0 Å². The van der Waals surface area contributed by atoms with Gasteiger partial charge in [-0.25, -0.2) is 4.98 Å². The molecule has 1 rings (SSSR count). The molecule has 0 saturated carbocycles. The molecule has 0 aliphatic rings. The third-order valence-electron chi connectivity index (χ3n) is 1.51. The van der Waals surface area contributed by atoms with Crippen LogP contribution >= 0.6 is 0 Å². The van der Waals surface area contributed by atoms with Gasteiger partial charge in [-0.1, -0.05) is 6.92 Å². The van der Waals surface area contributed by atoms with Crippen molar-refractivity contribution in [2.45, 2.75) is 19.9 Å². The lowest BCUT2D eigenvalue weighted by atomic mass is 10.3. The molecule has 3 N–H and O–H groups in total. The zero-order valence-electron chi connectivity index (χ0n) is 6.72. The van der Waals surface area contributed by atoms with Gasteiger partial charge in [0.15, 0.2) is 0 Å². The highest BCUT2D eigenvalue weighted by molar-refractivity contribution is 5.05. The molecule has 66 valence electrons. The van der Waals surface area contributed by atoms with E-state index in [2.05, 4.69) is 9.97 Å². The van der Waals surface area contributed by atoms with Gasteiger partial charge in [0, 0.05) is 0 Å². The molecule has 0 aromatic carbocycles. The van der Waals surface area contributed by atoms with Crippen molar-refractivity contribution in [2.75, 3.05) is 0 Å². The minimum Gasteiger partial charge on any atom is -0.324 e. The van der Waals surface area contributed by atoms with Gasteiger partial charge < -0.3 is 10.7 Å². The van der Waals surface area contributed by atoms with Crippen molar-refractivity contribution in [1.29, 1.82) is 0 Å². The monoisotopic (exact) mass is 171 g/mol. The maximum Gasteiger partial charge on any atom is 0.287 e. The van der Waals surface area contributed by atoms with Gasteiger partial charge in [0.05, 0.1) is 12.2 Å². The van der Waals surface area contributed by atoms with Crippen LogP contribution in [0.5, 0.6) is 0 Å². The number of H-pyrrole nitrogens is 1. The van der Waals surface area contributed by atoms with E-state index in [4.69, 9.17) is 5.73 Å². The molecule has 0 aliphatic heterocycles. The lowest BCUT2D eigenvalue weighted by molar-refractivity contribution is 0.573. The molecule has 0 unspecified atom stereocenters. The van der Waals surface area contributed by atoms with Crippen molar-refractivity contribution in [3.8, 4) is 0 Å². The first-order valence-electron chi connectivity index (χ1n) is 3.66. The average Bonchev–Trinajstić information content (AvgIpc) is 2.09. The SMILES string of the molecule is CCc1nc(CN)[nH]c(=O)c1F. The molecule has 0 amide bonds. The van der Waals surface area contributed by atoms with Crippen molar-refractivity contribution in [2.24, 2.45) is 5.73 Å². The van der Waals surface area contributed by atoms with Crippen LogP contribution in [0.2, 0.25) is 0 Å². The topological polar surface area (TPSA) is 71.8 Å².